The molecule has 1 aromatic carbocycles. The summed E-state index contributed by atoms with van der Waals surface area (Å²) in [6, 6.07) is 8.05. The minimum absolute atomic E-state index is 0.176. The van der Waals surface area contributed by atoms with Crippen LogP contribution in [0.25, 0.3) is 0 Å². The van der Waals surface area contributed by atoms with Gasteiger partial charge in [0.25, 0.3) is 0 Å². The van der Waals surface area contributed by atoms with Gasteiger partial charge in [-0.3, -0.25) is 4.99 Å². The zero-order chi connectivity index (χ0) is 29.5. The third-order valence-corrected chi connectivity index (χ3v) is 7.52. The minimum Gasteiger partial charge on any atom is -0.381 e. The minimum atomic E-state index is -0.498. The van der Waals surface area contributed by atoms with E-state index in [1.54, 1.807) is 12.3 Å². The van der Waals surface area contributed by atoms with Gasteiger partial charge < -0.3 is 9.64 Å². The first kappa shape index (κ1) is 32.5. The predicted octanol–water partition coefficient (Wildman–Crippen LogP) is 9.55. The molecule has 0 atom stereocenters. The van der Waals surface area contributed by atoms with E-state index >= 15 is 4.39 Å². The molecule has 1 aliphatic heterocycles. The average molecular weight is 541 g/mol. The van der Waals surface area contributed by atoms with Crippen LogP contribution in [0.15, 0.2) is 126 Å². The lowest BCUT2D eigenvalue weighted by atomic mass is 9.74. The molecule has 212 valence electrons. The number of halogens is 1. The van der Waals surface area contributed by atoms with Gasteiger partial charge in [0.05, 0.1) is 0 Å². The summed E-state index contributed by atoms with van der Waals surface area (Å²) >= 11 is 0. The van der Waals surface area contributed by atoms with Crippen LogP contribution in [0.3, 0.4) is 0 Å². The number of aliphatic imine (C=N–C) groups is 1. The van der Waals surface area contributed by atoms with Crippen molar-refractivity contribution in [2.45, 2.75) is 58.8 Å². The average Bonchev–Trinajstić information content (AvgIpc) is 2.95. The first-order valence-electron chi connectivity index (χ1n) is 13.9. The van der Waals surface area contributed by atoms with E-state index in [0.29, 0.717) is 29.4 Å². The molecule has 0 radical (unpaired) electrons. The Labute approximate surface area is 241 Å². The first-order chi connectivity index (χ1) is 19.2. The zero-order valence-electron chi connectivity index (χ0n) is 24.7. The third-order valence-electron chi connectivity index (χ3n) is 7.52. The lowest BCUT2D eigenvalue weighted by molar-refractivity contribution is 0.00713. The maximum absolute atomic E-state index is 16.0. The molecule has 1 saturated heterocycles. The highest BCUT2D eigenvalue weighted by atomic mass is 19.1. The van der Waals surface area contributed by atoms with Crippen LogP contribution in [0.5, 0.6) is 0 Å². The van der Waals surface area contributed by atoms with Gasteiger partial charge in [-0.1, -0.05) is 58.4 Å². The molecule has 1 fully saturated rings. The number of rotatable bonds is 15. The van der Waals surface area contributed by atoms with Gasteiger partial charge in [0.15, 0.2) is 5.83 Å². The third kappa shape index (κ3) is 9.81. The second-order valence-electron chi connectivity index (χ2n) is 10.5. The molecule has 1 aromatic rings. The fourth-order valence-corrected chi connectivity index (χ4v) is 4.83. The van der Waals surface area contributed by atoms with Crippen LogP contribution in [0.2, 0.25) is 0 Å². The second-order valence-corrected chi connectivity index (χ2v) is 10.5. The van der Waals surface area contributed by atoms with E-state index in [2.05, 4.69) is 56.3 Å². The lowest BCUT2D eigenvalue weighted by Gasteiger charge is -2.36. The van der Waals surface area contributed by atoms with Gasteiger partial charge in [0.1, 0.15) is 5.70 Å². The van der Waals surface area contributed by atoms with Crippen molar-refractivity contribution in [3.8, 4) is 0 Å². The molecule has 3 nitrogen and oxygen atoms in total. The van der Waals surface area contributed by atoms with Crippen LogP contribution in [0, 0.1) is 5.41 Å². The SMILES string of the molecule is C=C=C/C=C\N(C)c1ccc(CC(=C)C(/N=C\C(=C)C)=C(\F)C(=C)C(=C=C)CCCC2(CC)CCOCC2)cc1. The first-order valence-corrected chi connectivity index (χ1v) is 13.9. The highest BCUT2D eigenvalue weighted by molar-refractivity contribution is 5.78. The Hall–Kier alpha value is -3.68. The van der Waals surface area contributed by atoms with Gasteiger partial charge in [-0.15, -0.1) is 11.5 Å². The van der Waals surface area contributed by atoms with Crippen LogP contribution in [0.1, 0.15) is 57.9 Å². The summed E-state index contributed by atoms with van der Waals surface area (Å²) in [5.41, 5.74) is 10.4. The van der Waals surface area contributed by atoms with Crippen LogP contribution in [0.4, 0.5) is 10.1 Å². The Kier molecular flexibility index (Phi) is 13.4. The van der Waals surface area contributed by atoms with Gasteiger partial charge in [-0.25, -0.2) is 4.39 Å². The quantitative estimate of drug-likeness (QED) is 0.126. The van der Waals surface area contributed by atoms with Gasteiger partial charge in [0.2, 0.25) is 0 Å². The smallest absolute Gasteiger partial charge is 0.156 e. The second kappa shape index (κ2) is 16.4. The summed E-state index contributed by atoms with van der Waals surface area (Å²) in [6.07, 6.45) is 13.5. The molecule has 0 aromatic heterocycles. The normalized spacial score (nSPS) is 15.2. The van der Waals surface area contributed by atoms with Crippen molar-refractivity contribution >= 4 is 11.9 Å². The summed E-state index contributed by atoms with van der Waals surface area (Å²) in [4.78, 5) is 6.43. The van der Waals surface area contributed by atoms with E-state index in [1.165, 1.54) is 0 Å². The summed E-state index contributed by atoms with van der Waals surface area (Å²) < 4.78 is 21.6. The van der Waals surface area contributed by atoms with E-state index in [1.807, 2.05) is 55.4 Å². The number of nitrogens with zero attached hydrogens (tertiary/aromatic N) is 2. The van der Waals surface area contributed by atoms with Crippen LogP contribution in [-0.2, 0) is 11.2 Å². The fourth-order valence-electron chi connectivity index (χ4n) is 4.83. The standard InChI is InChI=1S/C36H45FN2O/c1-9-12-13-23-39(8)33-18-16-31(17-19-33)26-29(6)35(38-27-28(4)5)34(37)30(7)32(10-2)15-14-20-36(11-3)21-24-40-25-22-36/h12-13,16-19,23,27H,1-2,4,6-7,11,14-15,20-22,24-26H2,3,5,8H3/b23-13-,35-34+,38-27-. The van der Waals surface area contributed by atoms with E-state index in [9.17, 15) is 0 Å². The van der Waals surface area contributed by atoms with E-state index in [0.717, 1.165) is 62.1 Å². The highest BCUT2D eigenvalue weighted by Gasteiger charge is 2.30. The van der Waals surface area contributed by atoms with Crippen LogP contribution >= 0.6 is 0 Å². The van der Waals surface area contributed by atoms with Crippen molar-refractivity contribution in [1.29, 1.82) is 0 Å². The Morgan fingerprint density at radius 1 is 1.15 bits per heavy atom. The molecule has 0 saturated carbocycles. The lowest BCUT2D eigenvalue weighted by Crippen LogP contribution is -2.28. The summed E-state index contributed by atoms with van der Waals surface area (Å²) in [6.45, 7) is 25.2. The van der Waals surface area contributed by atoms with Crippen molar-refractivity contribution in [2.75, 3.05) is 25.2 Å². The maximum Gasteiger partial charge on any atom is 0.156 e. The number of hydrogen-bond donors (Lipinski definition) is 0. The molecule has 0 aliphatic carbocycles. The number of benzene rings is 1. The van der Waals surface area contributed by atoms with Crippen LogP contribution < -0.4 is 4.90 Å². The van der Waals surface area contributed by atoms with E-state index in [-0.39, 0.29) is 11.3 Å². The molecule has 4 heteroatoms. The topological polar surface area (TPSA) is 24.8 Å². The fraction of sp³-hybridized carbons (Fsp3) is 0.361. The summed E-state index contributed by atoms with van der Waals surface area (Å²) in [5, 5.41) is 0. The molecule has 0 spiro atoms. The highest BCUT2D eigenvalue weighted by Crippen LogP contribution is 2.40. The van der Waals surface area contributed by atoms with Gasteiger partial charge in [-0.2, -0.15) is 0 Å². The molecule has 0 unspecified atom stereocenters. The molecule has 40 heavy (non-hydrogen) atoms. The summed E-state index contributed by atoms with van der Waals surface area (Å²) in [7, 11) is 1.96. The number of ether oxygens (including phenoxy) is 1. The summed E-state index contributed by atoms with van der Waals surface area (Å²) in [5.74, 6) is -0.498. The molecule has 0 N–H and O–H groups in total. The molecule has 1 aliphatic rings. The molecule has 1 heterocycles. The van der Waals surface area contributed by atoms with Crippen molar-refractivity contribution in [1.82, 2.24) is 0 Å². The zero-order valence-corrected chi connectivity index (χ0v) is 24.7. The maximum atomic E-state index is 16.0. The Balaban J connectivity index is 2.20. The van der Waals surface area contributed by atoms with Gasteiger partial charge >= 0.3 is 0 Å². The van der Waals surface area contributed by atoms with E-state index < -0.39 is 5.83 Å². The molecular formula is C36H45FN2O. The van der Waals surface area contributed by atoms with Crippen molar-refractivity contribution in [2.24, 2.45) is 10.4 Å². The van der Waals surface area contributed by atoms with Gasteiger partial charge in [0, 0.05) is 49.5 Å². The number of allylic oxidation sites excluding steroid dienone is 7. The number of anilines is 1. The monoisotopic (exact) mass is 540 g/mol. The number of hydrogen-bond acceptors (Lipinski definition) is 3. The Bertz CT molecular complexity index is 1240. The molecule has 2 rings (SSSR count). The van der Waals surface area contributed by atoms with E-state index in [4.69, 9.17) is 4.74 Å². The molecule has 0 amide bonds. The Morgan fingerprint density at radius 2 is 1.82 bits per heavy atom. The van der Waals surface area contributed by atoms with Crippen LogP contribution in [-0.4, -0.2) is 26.5 Å². The van der Waals surface area contributed by atoms with Crippen molar-refractivity contribution < 1.29 is 9.13 Å². The molecular weight excluding hydrogens is 495 g/mol. The van der Waals surface area contributed by atoms with Crippen molar-refractivity contribution in [3.05, 3.63) is 126 Å². The predicted molar refractivity (Wildman–Crippen MR) is 170 cm³/mol. The largest absolute Gasteiger partial charge is 0.381 e. The van der Waals surface area contributed by atoms with Gasteiger partial charge in [-0.05, 0) is 91.9 Å². The molecule has 0 bridgehead atoms. The van der Waals surface area contributed by atoms with Crippen molar-refractivity contribution in [3.63, 3.8) is 0 Å². The Morgan fingerprint density at radius 3 is 2.40 bits per heavy atom.